The minimum Gasteiger partial charge on any atom is -0.465 e. The number of hydrogen-bond donors (Lipinski definition) is 3. The number of esters is 1. The van der Waals surface area contributed by atoms with Crippen LogP contribution in [-0.2, 0) is 14.3 Å². The van der Waals surface area contributed by atoms with Gasteiger partial charge >= 0.3 is 5.97 Å². The number of nitrogens with one attached hydrogen (secondary N) is 1. The summed E-state index contributed by atoms with van der Waals surface area (Å²) in [5.41, 5.74) is 0. The van der Waals surface area contributed by atoms with Gasteiger partial charge in [-0.1, -0.05) is 314 Å². The van der Waals surface area contributed by atoms with Gasteiger partial charge in [0.1, 0.15) is 0 Å². The number of unbranched alkanes of at least 4 members (excludes halogenated alkanes) is 44. The Morgan fingerprint density at radius 1 is 0.400 bits per heavy atom. The van der Waals surface area contributed by atoms with Crippen molar-refractivity contribution in [3.05, 3.63) is 24.3 Å². The van der Waals surface area contributed by atoms with Gasteiger partial charge in [-0.15, -0.1) is 0 Å². The molecule has 0 heterocycles. The lowest BCUT2D eigenvalue weighted by molar-refractivity contribution is -0.143. The first kappa shape index (κ1) is 68.3. The molecule has 0 aliphatic heterocycles. The molecule has 2 unspecified atom stereocenters. The predicted molar refractivity (Wildman–Crippen MR) is 306 cm³/mol. The van der Waals surface area contributed by atoms with Crippen molar-refractivity contribution in [1.82, 2.24) is 5.32 Å². The molecule has 0 aromatic carbocycles. The number of ether oxygens (including phenoxy) is 1. The van der Waals surface area contributed by atoms with Gasteiger partial charge in [-0.05, 0) is 44.9 Å². The van der Waals surface area contributed by atoms with Crippen LogP contribution in [0, 0.1) is 0 Å². The molecule has 1 amide bonds. The molecule has 2 atom stereocenters. The first-order valence-corrected chi connectivity index (χ1v) is 31.6. The summed E-state index contributed by atoms with van der Waals surface area (Å²) in [4.78, 5) is 24.5. The molecule has 3 N–H and O–H groups in total. The van der Waals surface area contributed by atoms with Gasteiger partial charge in [0, 0.05) is 12.8 Å². The van der Waals surface area contributed by atoms with Gasteiger partial charge in [0.15, 0.2) is 0 Å². The van der Waals surface area contributed by atoms with Gasteiger partial charge in [0.2, 0.25) is 5.91 Å². The SMILES string of the molecule is CCCCCCCCCCCCCCCCCCCCC(O)C(CO)NC(=O)CCCCCCCCCCCCCCCC/C=C\C/C=C\CCOC(=O)CCCCCCCCCCCCCCCC. The van der Waals surface area contributed by atoms with E-state index in [2.05, 4.69) is 43.5 Å². The summed E-state index contributed by atoms with van der Waals surface area (Å²) in [6, 6.07) is -0.545. The van der Waals surface area contributed by atoms with Crippen LogP contribution in [0.25, 0.3) is 0 Å². The topological polar surface area (TPSA) is 95.9 Å². The number of hydrogen-bond acceptors (Lipinski definition) is 5. The van der Waals surface area contributed by atoms with E-state index in [0.29, 0.717) is 25.9 Å². The molecule has 6 heteroatoms. The van der Waals surface area contributed by atoms with E-state index in [4.69, 9.17) is 4.74 Å². The third-order valence-electron chi connectivity index (χ3n) is 14.8. The fourth-order valence-electron chi connectivity index (χ4n) is 9.95. The molecule has 6 nitrogen and oxygen atoms in total. The smallest absolute Gasteiger partial charge is 0.305 e. The average Bonchev–Trinajstić information content (AvgIpc) is 3.36. The van der Waals surface area contributed by atoms with Gasteiger partial charge in [0.25, 0.3) is 0 Å². The van der Waals surface area contributed by atoms with E-state index >= 15 is 0 Å². The van der Waals surface area contributed by atoms with Crippen LogP contribution in [0.1, 0.15) is 348 Å². The van der Waals surface area contributed by atoms with Crippen LogP contribution in [0.15, 0.2) is 24.3 Å². The Balaban J connectivity index is 3.44. The summed E-state index contributed by atoms with van der Waals surface area (Å²) in [6.45, 7) is 4.87. The zero-order chi connectivity index (χ0) is 50.7. The molecule has 0 radical (unpaired) electrons. The fraction of sp³-hybridized carbons (Fsp3) is 0.906. The minimum absolute atomic E-state index is 0.0323. The predicted octanol–water partition coefficient (Wildman–Crippen LogP) is 19.8. The molecule has 0 aliphatic rings. The van der Waals surface area contributed by atoms with Crippen molar-refractivity contribution in [3.63, 3.8) is 0 Å². The Hall–Kier alpha value is -1.66. The molecular weight excluding hydrogens is 863 g/mol. The Labute approximate surface area is 437 Å². The Bertz CT molecular complexity index is 1090. The highest BCUT2D eigenvalue weighted by Crippen LogP contribution is 2.18. The Morgan fingerprint density at radius 2 is 0.714 bits per heavy atom. The van der Waals surface area contributed by atoms with Crippen molar-refractivity contribution < 1.29 is 24.5 Å². The molecule has 0 spiro atoms. The minimum atomic E-state index is -0.668. The van der Waals surface area contributed by atoms with Crippen LogP contribution in [0.4, 0.5) is 0 Å². The lowest BCUT2D eigenvalue weighted by Crippen LogP contribution is -2.45. The van der Waals surface area contributed by atoms with E-state index in [1.54, 1.807) is 0 Å². The molecule has 0 saturated heterocycles. The lowest BCUT2D eigenvalue weighted by atomic mass is 10.0. The highest BCUT2D eigenvalue weighted by molar-refractivity contribution is 5.76. The van der Waals surface area contributed by atoms with Gasteiger partial charge < -0.3 is 20.3 Å². The first-order chi connectivity index (χ1) is 34.5. The number of allylic oxidation sites excluding steroid dienone is 3. The summed E-state index contributed by atoms with van der Waals surface area (Å²) in [5.74, 6) is -0.0691. The molecule has 0 aliphatic carbocycles. The van der Waals surface area contributed by atoms with Gasteiger partial charge in [-0.3, -0.25) is 9.59 Å². The van der Waals surface area contributed by atoms with Crippen molar-refractivity contribution in [2.24, 2.45) is 0 Å². The third-order valence-corrected chi connectivity index (χ3v) is 14.8. The van der Waals surface area contributed by atoms with Crippen molar-refractivity contribution in [3.8, 4) is 0 Å². The third kappa shape index (κ3) is 55.7. The maximum Gasteiger partial charge on any atom is 0.305 e. The lowest BCUT2D eigenvalue weighted by Gasteiger charge is -2.22. The maximum absolute atomic E-state index is 12.5. The zero-order valence-electron chi connectivity index (χ0n) is 47.3. The number of aliphatic hydroxyl groups is 2. The quantitative estimate of drug-likeness (QED) is 0.0321. The molecule has 0 rings (SSSR count). The largest absolute Gasteiger partial charge is 0.465 e. The summed E-state index contributed by atoms with van der Waals surface area (Å²) in [5, 5.41) is 23.3. The van der Waals surface area contributed by atoms with E-state index in [-0.39, 0.29) is 18.5 Å². The summed E-state index contributed by atoms with van der Waals surface area (Å²) in [7, 11) is 0. The van der Waals surface area contributed by atoms with Crippen LogP contribution in [0.5, 0.6) is 0 Å². The van der Waals surface area contributed by atoms with Crippen LogP contribution < -0.4 is 5.32 Å². The second-order valence-corrected chi connectivity index (χ2v) is 21.7. The molecule has 0 aromatic rings. The van der Waals surface area contributed by atoms with Crippen molar-refractivity contribution in [2.45, 2.75) is 360 Å². The van der Waals surface area contributed by atoms with Crippen LogP contribution >= 0.6 is 0 Å². The second kappa shape index (κ2) is 59.9. The monoisotopic (exact) mass is 986 g/mol. The van der Waals surface area contributed by atoms with Gasteiger partial charge in [-0.25, -0.2) is 0 Å². The van der Waals surface area contributed by atoms with Crippen molar-refractivity contribution in [1.29, 1.82) is 0 Å². The summed E-state index contributed by atoms with van der Waals surface area (Å²) >= 11 is 0. The summed E-state index contributed by atoms with van der Waals surface area (Å²) in [6.07, 6.45) is 73.5. The highest BCUT2D eigenvalue weighted by atomic mass is 16.5. The maximum atomic E-state index is 12.5. The normalized spacial score (nSPS) is 12.7. The van der Waals surface area contributed by atoms with E-state index in [1.165, 1.54) is 263 Å². The Kier molecular flexibility index (Phi) is 58.5. The van der Waals surface area contributed by atoms with Crippen LogP contribution in [0.3, 0.4) is 0 Å². The van der Waals surface area contributed by atoms with E-state index in [9.17, 15) is 19.8 Å². The molecule has 414 valence electrons. The number of carbonyl (C=O) groups is 2. The zero-order valence-corrected chi connectivity index (χ0v) is 47.3. The van der Waals surface area contributed by atoms with Gasteiger partial charge in [-0.2, -0.15) is 0 Å². The van der Waals surface area contributed by atoms with E-state index in [1.807, 2.05) is 0 Å². The number of rotatable bonds is 59. The van der Waals surface area contributed by atoms with E-state index < -0.39 is 12.1 Å². The van der Waals surface area contributed by atoms with E-state index in [0.717, 1.165) is 51.4 Å². The standard InChI is InChI=1S/C64H123NO5/c1-3-5-7-9-11-13-15-17-19-20-26-29-32-36-40-44-48-52-56-62(67)61(60-66)65-63(68)57-53-49-45-41-37-33-30-27-24-22-21-23-25-28-31-35-39-43-47-51-55-59-70-64(69)58-54-50-46-42-38-34-18-16-14-12-10-8-6-4-2/h35,39,47,51,61-62,66-67H,3-34,36-38,40-46,48-50,52-60H2,1-2H3,(H,65,68)/b39-35-,51-47-. The molecular formula is C64H123NO5. The van der Waals surface area contributed by atoms with Crippen LogP contribution in [0.2, 0.25) is 0 Å². The number of aliphatic hydroxyl groups excluding tert-OH is 2. The molecule has 0 saturated carbocycles. The molecule has 0 aromatic heterocycles. The number of amides is 1. The molecule has 0 bridgehead atoms. The van der Waals surface area contributed by atoms with Crippen LogP contribution in [-0.4, -0.2) is 47.4 Å². The fourth-order valence-corrected chi connectivity index (χ4v) is 9.95. The second-order valence-electron chi connectivity index (χ2n) is 21.7. The molecule has 0 fully saturated rings. The van der Waals surface area contributed by atoms with Crippen molar-refractivity contribution in [2.75, 3.05) is 13.2 Å². The van der Waals surface area contributed by atoms with Crippen molar-refractivity contribution >= 4 is 11.9 Å². The number of carbonyl (C=O) groups excluding carboxylic acids is 2. The Morgan fingerprint density at radius 3 is 1.09 bits per heavy atom. The molecule has 70 heavy (non-hydrogen) atoms. The average molecular weight is 987 g/mol. The highest BCUT2D eigenvalue weighted by Gasteiger charge is 2.20. The summed E-state index contributed by atoms with van der Waals surface area (Å²) < 4.78 is 5.42. The van der Waals surface area contributed by atoms with Gasteiger partial charge in [0.05, 0.1) is 25.4 Å². The first-order valence-electron chi connectivity index (χ1n) is 31.6.